The molecule has 82 valence electrons. The van der Waals surface area contributed by atoms with Gasteiger partial charge >= 0.3 is 0 Å². The first-order chi connectivity index (χ1) is 7.66. The topological polar surface area (TPSA) is 50.9 Å². The third-order valence-electron chi connectivity index (χ3n) is 2.02. The van der Waals surface area contributed by atoms with Crippen molar-refractivity contribution in [1.29, 1.82) is 0 Å². The number of aromatic nitrogens is 1. The molecule has 2 aromatic rings. The second kappa shape index (κ2) is 4.60. The van der Waals surface area contributed by atoms with Crippen LogP contribution >= 0.6 is 23.2 Å². The molecule has 1 aromatic carbocycles. The van der Waals surface area contributed by atoms with Crippen LogP contribution in [0.15, 0.2) is 36.4 Å². The first-order valence-corrected chi connectivity index (χ1v) is 5.36. The lowest BCUT2D eigenvalue weighted by atomic mass is 10.3. The smallest absolute Gasteiger partial charge is 0.155 e. The summed E-state index contributed by atoms with van der Waals surface area (Å²) in [5.41, 5.74) is 7.02. The van der Waals surface area contributed by atoms with Crippen LogP contribution in [0, 0.1) is 0 Å². The van der Waals surface area contributed by atoms with E-state index in [1.807, 2.05) is 18.2 Å². The number of nitrogen functional groups attached to an aromatic ring is 1. The van der Waals surface area contributed by atoms with Gasteiger partial charge in [0.05, 0.1) is 16.4 Å². The number of nitrogens with zero attached hydrogens (tertiary/aromatic N) is 1. The first kappa shape index (κ1) is 11.0. The lowest BCUT2D eigenvalue weighted by Gasteiger charge is -2.09. The van der Waals surface area contributed by atoms with Gasteiger partial charge in [-0.2, -0.15) is 0 Å². The molecule has 0 spiro atoms. The van der Waals surface area contributed by atoms with Gasteiger partial charge in [-0.05, 0) is 24.3 Å². The number of para-hydroxylation sites is 1. The normalized spacial score (nSPS) is 10.1. The van der Waals surface area contributed by atoms with Crippen LogP contribution in [0.25, 0.3) is 0 Å². The van der Waals surface area contributed by atoms with E-state index in [9.17, 15) is 0 Å². The average Bonchev–Trinajstić information content (AvgIpc) is 2.27. The van der Waals surface area contributed by atoms with Crippen LogP contribution in [-0.4, -0.2) is 4.98 Å². The zero-order valence-electron chi connectivity index (χ0n) is 8.24. The molecule has 2 rings (SSSR count). The van der Waals surface area contributed by atoms with E-state index in [0.717, 1.165) is 5.69 Å². The molecule has 0 unspecified atom stereocenters. The van der Waals surface area contributed by atoms with Crippen LogP contribution in [0.1, 0.15) is 0 Å². The molecule has 1 heterocycles. The molecule has 0 radical (unpaired) electrons. The molecule has 3 nitrogen and oxygen atoms in total. The summed E-state index contributed by atoms with van der Waals surface area (Å²) < 4.78 is 0. The highest BCUT2D eigenvalue weighted by atomic mass is 35.5. The highest BCUT2D eigenvalue weighted by Crippen LogP contribution is 2.27. The average molecular weight is 254 g/mol. The number of nitrogens with two attached hydrogens (primary N) is 1. The molecule has 0 saturated heterocycles. The van der Waals surface area contributed by atoms with E-state index in [-0.39, 0.29) is 0 Å². The molecule has 3 N–H and O–H groups in total. The van der Waals surface area contributed by atoms with Crippen LogP contribution in [0.3, 0.4) is 0 Å². The quantitative estimate of drug-likeness (QED) is 0.803. The van der Waals surface area contributed by atoms with Crippen molar-refractivity contribution in [3.63, 3.8) is 0 Å². The standard InChI is InChI=1S/C11H9Cl2N3/c12-7-3-1-2-4-9(7)15-11-8(14)5-6-10(13)16-11/h1-6H,14H2,(H,15,16). The Morgan fingerprint density at radius 3 is 2.56 bits per heavy atom. The molecule has 0 bridgehead atoms. The Bertz CT molecular complexity index is 514. The number of hydrogen-bond acceptors (Lipinski definition) is 3. The Morgan fingerprint density at radius 2 is 1.81 bits per heavy atom. The monoisotopic (exact) mass is 253 g/mol. The summed E-state index contributed by atoms with van der Waals surface area (Å²) >= 11 is 11.8. The Kier molecular flexibility index (Phi) is 3.17. The van der Waals surface area contributed by atoms with Gasteiger partial charge in [-0.3, -0.25) is 0 Å². The van der Waals surface area contributed by atoms with E-state index >= 15 is 0 Å². The van der Waals surface area contributed by atoms with Gasteiger partial charge in [0, 0.05) is 0 Å². The van der Waals surface area contributed by atoms with Gasteiger partial charge in [0.2, 0.25) is 0 Å². The van der Waals surface area contributed by atoms with E-state index in [0.29, 0.717) is 21.7 Å². The number of hydrogen-bond donors (Lipinski definition) is 2. The molecule has 0 amide bonds. The highest BCUT2D eigenvalue weighted by Gasteiger charge is 2.04. The van der Waals surface area contributed by atoms with Gasteiger partial charge in [-0.25, -0.2) is 4.98 Å². The molecule has 0 aliphatic carbocycles. The maximum Gasteiger partial charge on any atom is 0.155 e. The summed E-state index contributed by atoms with van der Waals surface area (Å²) in [5, 5.41) is 4.01. The summed E-state index contributed by atoms with van der Waals surface area (Å²) in [4.78, 5) is 4.08. The fourth-order valence-electron chi connectivity index (χ4n) is 1.24. The second-order valence-electron chi connectivity index (χ2n) is 3.18. The fraction of sp³-hybridized carbons (Fsp3) is 0. The summed E-state index contributed by atoms with van der Waals surface area (Å²) in [5.74, 6) is 0.501. The van der Waals surface area contributed by atoms with Gasteiger partial charge in [-0.15, -0.1) is 0 Å². The predicted octanol–water partition coefficient (Wildman–Crippen LogP) is 3.71. The van der Waals surface area contributed by atoms with Crippen molar-refractivity contribution in [2.75, 3.05) is 11.1 Å². The van der Waals surface area contributed by atoms with Gasteiger partial charge in [0.15, 0.2) is 5.82 Å². The maximum absolute atomic E-state index is 6.00. The number of rotatable bonds is 2. The number of benzene rings is 1. The summed E-state index contributed by atoms with van der Waals surface area (Å²) in [6, 6.07) is 10.7. The minimum Gasteiger partial charge on any atom is -0.396 e. The highest BCUT2D eigenvalue weighted by molar-refractivity contribution is 6.33. The van der Waals surface area contributed by atoms with Crippen molar-refractivity contribution in [2.45, 2.75) is 0 Å². The maximum atomic E-state index is 6.00. The van der Waals surface area contributed by atoms with Gasteiger partial charge in [-0.1, -0.05) is 35.3 Å². The van der Waals surface area contributed by atoms with Gasteiger partial charge in [0.25, 0.3) is 0 Å². The molecule has 0 atom stereocenters. The minimum atomic E-state index is 0.378. The zero-order valence-corrected chi connectivity index (χ0v) is 9.76. The molecular weight excluding hydrogens is 245 g/mol. The molecular formula is C11H9Cl2N3. The van der Waals surface area contributed by atoms with Crippen molar-refractivity contribution in [3.8, 4) is 0 Å². The number of pyridine rings is 1. The second-order valence-corrected chi connectivity index (χ2v) is 3.97. The van der Waals surface area contributed by atoms with E-state index in [2.05, 4.69) is 10.3 Å². The Labute approximate surface area is 103 Å². The third kappa shape index (κ3) is 2.38. The first-order valence-electron chi connectivity index (χ1n) is 4.60. The molecule has 0 aliphatic heterocycles. The van der Waals surface area contributed by atoms with E-state index in [1.54, 1.807) is 18.2 Å². The summed E-state index contributed by atoms with van der Waals surface area (Å²) in [7, 11) is 0. The lowest BCUT2D eigenvalue weighted by Crippen LogP contribution is -1.99. The van der Waals surface area contributed by atoms with E-state index < -0.39 is 0 Å². The molecule has 5 heteroatoms. The molecule has 0 aliphatic rings. The largest absolute Gasteiger partial charge is 0.396 e. The van der Waals surface area contributed by atoms with Crippen LogP contribution < -0.4 is 11.1 Å². The minimum absolute atomic E-state index is 0.378. The zero-order chi connectivity index (χ0) is 11.5. The van der Waals surface area contributed by atoms with Crippen LogP contribution in [-0.2, 0) is 0 Å². The van der Waals surface area contributed by atoms with Crippen LogP contribution in [0.2, 0.25) is 10.2 Å². The Morgan fingerprint density at radius 1 is 1.06 bits per heavy atom. The van der Waals surface area contributed by atoms with Crippen molar-refractivity contribution >= 4 is 40.4 Å². The van der Waals surface area contributed by atoms with Crippen molar-refractivity contribution in [1.82, 2.24) is 4.98 Å². The van der Waals surface area contributed by atoms with Crippen molar-refractivity contribution in [2.24, 2.45) is 0 Å². The lowest BCUT2D eigenvalue weighted by molar-refractivity contribution is 1.31. The number of halogens is 2. The SMILES string of the molecule is Nc1ccc(Cl)nc1Nc1ccccc1Cl. The van der Waals surface area contributed by atoms with Crippen molar-refractivity contribution in [3.05, 3.63) is 46.6 Å². The van der Waals surface area contributed by atoms with Gasteiger partial charge < -0.3 is 11.1 Å². The summed E-state index contributed by atoms with van der Waals surface area (Å²) in [6.07, 6.45) is 0. The molecule has 0 fully saturated rings. The van der Waals surface area contributed by atoms with Gasteiger partial charge in [0.1, 0.15) is 5.15 Å². The molecule has 0 saturated carbocycles. The van der Waals surface area contributed by atoms with Crippen molar-refractivity contribution < 1.29 is 0 Å². The van der Waals surface area contributed by atoms with Crippen LogP contribution in [0.5, 0.6) is 0 Å². The predicted molar refractivity (Wildman–Crippen MR) is 68.4 cm³/mol. The van der Waals surface area contributed by atoms with E-state index in [4.69, 9.17) is 28.9 Å². The third-order valence-corrected chi connectivity index (χ3v) is 2.56. The Balaban J connectivity index is 2.34. The van der Waals surface area contributed by atoms with Crippen LogP contribution in [0.4, 0.5) is 17.2 Å². The van der Waals surface area contributed by atoms with E-state index in [1.165, 1.54) is 0 Å². The molecule has 16 heavy (non-hydrogen) atoms. The number of anilines is 3. The Hall–Kier alpha value is -1.45. The summed E-state index contributed by atoms with van der Waals surface area (Å²) in [6.45, 7) is 0. The number of nitrogens with one attached hydrogen (secondary N) is 1. The fourth-order valence-corrected chi connectivity index (χ4v) is 1.57. The molecule has 1 aromatic heterocycles.